The van der Waals surface area contributed by atoms with Gasteiger partial charge in [-0.25, -0.2) is 12.8 Å². The number of benzene rings is 3. The number of sulfone groups is 1. The first kappa shape index (κ1) is 21.1. The Labute approximate surface area is 184 Å². The maximum Gasteiger partial charge on any atom is 0.238 e. The second-order valence-corrected chi connectivity index (χ2v) is 9.42. The monoisotopic (exact) mass is 456 g/mol. The summed E-state index contributed by atoms with van der Waals surface area (Å²) < 4.78 is 45.8. The fourth-order valence-corrected chi connectivity index (χ4v) is 4.57. The Morgan fingerprint density at radius 1 is 0.935 bits per heavy atom. The number of aryl methyl sites for hydroxylation is 2. The molecular weight excluding hydrogens is 439 g/mol. The van der Waals surface area contributed by atoms with Crippen molar-refractivity contribution in [2.24, 2.45) is 0 Å². The van der Waals surface area contributed by atoms with Crippen LogP contribution in [0.25, 0.3) is 11.5 Å². The number of halogens is 2. The fraction of sp³-hybridized carbons (Fsp3) is 0.0870. The van der Waals surface area contributed by atoms with Gasteiger partial charge >= 0.3 is 0 Å². The molecule has 0 bridgehead atoms. The van der Waals surface area contributed by atoms with Gasteiger partial charge in [-0.2, -0.15) is 4.98 Å². The Balaban J connectivity index is 1.85. The molecule has 0 aliphatic heterocycles. The SMILES string of the molecule is Cc1cc(C)cc(Nc2oc(-c3ccc(F)cc3)nc2S(=O)(=O)c2ccc(Cl)cc2)c1. The zero-order valence-electron chi connectivity index (χ0n) is 16.7. The minimum atomic E-state index is -4.02. The van der Waals surface area contributed by atoms with Gasteiger partial charge in [0.25, 0.3) is 0 Å². The van der Waals surface area contributed by atoms with E-state index in [1.807, 2.05) is 32.0 Å². The van der Waals surface area contributed by atoms with Crippen LogP contribution in [0.3, 0.4) is 0 Å². The molecule has 4 rings (SSSR count). The van der Waals surface area contributed by atoms with Crippen molar-refractivity contribution in [3.8, 4) is 11.5 Å². The molecule has 0 fully saturated rings. The summed E-state index contributed by atoms with van der Waals surface area (Å²) in [6.07, 6.45) is 0. The van der Waals surface area contributed by atoms with E-state index in [-0.39, 0.29) is 21.7 Å². The van der Waals surface area contributed by atoms with Gasteiger partial charge < -0.3 is 9.73 Å². The highest BCUT2D eigenvalue weighted by molar-refractivity contribution is 7.91. The number of anilines is 2. The van der Waals surface area contributed by atoms with E-state index in [1.165, 1.54) is 48.5 Å². The molecule has 31 heavy (non-hydrogen) atoms. The number of hydrogen-bond acceptors (Lipinski definition) is 5. The Kier molecular flexibility index (Phi) is 5.56. The van der Waals surface area contributed by atoms with Crippen LogP contribution in [0.4, 0.5) is 16.0 Å². The fourth-order valence-electron chi connectivity index (χ4n) is 3.19. The molecule has 3 aromatic carbocycles. The van der Waals surface area contributed by atoms with Crippen LogP contribution in [0.15, 0.2) is 81.1 Å². The van der Waals surface area contributed by atoms with Crippen LogP contribution in [0.1, 0.15) is 11.1 Å². The molecule has 0 radical (unpaired) electrons. The topological polar surface area (TPSA) is 72.2 Å². The molecule has 5 nitrogen and oxygen atoms in total. The van der Waals surface area contributed by atoms with Crippen LogP contribution in [-0.4, -0.2) is 13.4 Å². The lowest BCUT2D eigenvalue weighted by Gasteiger charge is -2.08. The number of hydrogen-bond donors (Lipinski definition) is 1. The molecule has 0 amide bonds. The Morgan fingerprint density at radius 2 is 1.55 bits per heavy atom. The molecule has 158 valence electrons. The lowest BCUT2D eigenvalue weighted by molar-refractivity contribution is 0.581. The molecule has 0 aliphatic rings. The van der Waals surface area contributed by atoms with E-state index in [0.29, 0.717) is 16.3 Å². The van der Waals surface area contributed by atoms with E-state index >= 15 is 0 Å². The highest BCUT2D eigenvalue weighted by Gasteiger charge is 2.29. The Bertz CT molecular complexity index is 1330. The van der Waals surface area contributed by atoms with Gasteiger partial charge in [0.2, 0.25) is 26.6 Å². The highest BCUT2D eigenvalue weighted by atomic mass is 35.5. The van der Waals surface area contributed by atoms with Crippen molar-refractivity contribution in [3.63, 3.8) is 0 Å². The third-order valence-electron chi connectivity index (χ3n) is 4.55. The molecule has 8 heteroatoms. The summed E-state index contributed by atoms with van der Waals surface area (Å²) in [6.45, 7) is 3.88. The number of oxazole rings is 1. The van der Waals surface area contributed by atoms with Crippen molar-refractivity contribution in [2.75, 3.05) is 5.32 Å². The van der Waals surface area contributed by atoms with E-state index in [1.54, 1.807) is 0 Å². The maximum atomic E-state index is 13.3. The normalized spacial score (nSPS) is 11.5. The highest BCUT2D eigenvalue weighted by Crippen LogP contribution is 2.34. The van der Waals surface area contributed by atoms with Gasteiger partial charge in [-0.3, -0.25) is 0 Å². The second-order valence-electron chi connectivity index (χ2n) is 7.12. The molecule has 0 saturated heterocycles. The van der Waals surface area contributed by atoms with E-state index in [0.717, 1.165) is 11.1 Å². The third kappa shape index (κ3) is 4.47. The summed E-state index contributed by atoms with van der Waals surface area (Å²) in [5.74, 6) is -0.392. The molecule has 1 heterocycles. The van der Waals surface area contributed by atoms with Crippen LogP contribution in [-0.2, 0) is 9.84 Å². The number of nitrogens with zero attached hydrogens (tertiary/aromatic N) is 1. The van der Waals surface area contributed by atoms with Crippen molar-refractivity contribution >= 4 is 33.0 Å². The first-order valence-electron chi connectivity index (χ1n) is 9.35. The number of nitrogens with one attached hydrogen (secondary N) is 1. The summed E-state index contributed by atoms with van der Waals surface area (Å²) in [6, 6.07) is 17.0. The molecule has 0 unspecified atom stereocenters. The maximum absolute atomic E-state index is 13.3. The Hall–Kier alpha value is -3.16. The van der Waals surface area contributed by atoms with Crippen molar-refractivity contribution in [2.45, 2.75) is 23.8 Å². The molecule has 0 spiro atoms. The quantitative estimate of drug-likeness (QED) is 0.380. The third-order valence-corrected chi connectivity index (χ3v) is 6.48. The summed E-state index contributed by atoms with van der Waals surface area (Å²) >= 11 is 5.90. The van der Waals surface area contributed by atoms with E-state index < -0.39 is 15.7 Å². The zero-order chi connectivity index (χ0) is 22.2. The molecule has 0 aliphatic carbocycles. The molecule has 0 saturated carbocycles. The summed E-state index contributed by atoms with van der Waals surface area (Å²) in [7, 11) is -4.02. The lowest BCUT2D eigenvalue weighted by atomic mass is 10.1. The average Bonchev–Trinajstić information content (AvgIpc) is 3.12. The molecule has 4 aromatic rings. The number of aromatic nitrogens is 1. The summed E-state index contributed by atoms with van der Waals surface area (Å²) in [5.41, 5.74) is 3.11. The van der Waals surface area contributed by atoms with Crippen LogP contribution < -0.4 is 5.32 Å². The van der Waals surface area contributed by atoms with E-state index in [4.69, 9.17) is 16.0 Å². The van der Waals surface area contributed by atoms with Crippen molar-refractivity contribution in [1.29, 1.82) is 0 Å². The first-order valence-corrected chi connectivity index (χ1v) is 11.2. The predicted molar refractivity (Wildman–Crippen MR) is 118 cm³/mol. The van der Waals surface area contributed by atoms with Crippen molar-refractivity contribution in [1.82, 2.24) is 4.98 Å². The van der Waals surface area contributed by atoms with Gasteiger partial charge in [0.15, 0.2) is 0 Å². The predicted octanol–water partition coefficient (Wildman–Crippen LogP) is 6.33. The van der Waals surface area contributed by atoms with Gasteiger partial charge in [0.05, 0.1) is 4.90 Å². The average molecular weight is 457 g/mol. The largest absolute Gasteiger partial charge is 0.419 e. The molecular formula is C23H18ClFN2O3S. The van der Waals surface area contributed by atoms with Gasteiger partial charge in [-0.1, -0.05) is 17.7 Å². The van der Waals surface area contributed by atoms with Gasteiger partial charge in [0, 0.05) is 16.3 Å². The van der Waals surface area contributed by atoms with Crippen LogP contribution in [0.2, 0.25) is 5.02 Å². The van der Waals surface area contributed by atoms with Crippen LogP contribution in [0.5, 0.6) is 0 Å². The second kappa shape index (κ2) is 8.17. The lowest BCUT2D eigenvalue weighted by Crippen LogP contribution is -2.05. The van der Waals surface area contributed by atoms with E-state index in [2.05, 4.69) is 10.3 Å². The molecule has 0 atom stereocenters. The molecule has 1 aromatic heterocycles. The van der Waals surface area contributed by atoms with Crippen molar-refractivity contribution < 1.29 is 17.2 Å². The van der Waals surface area contributed by atoms with Crippen LogP contribution in [0, 0.1) is 19.7 Å². The van der Waals surface area contributed by atoms with Crippen LogP contribution >= 0.6 is 11.6 Å². The minimum absolute atomic E-state index is 0.0272. The first-order chi connectivity index (χ1) is 14.7. The van der Waals surface area contributed by atoms with Gasteiger partial charge in [-0.15, -0.1) is 0 Å². The van der Waals surface area contributed by atoms with Crippen molar-refractivity contribution in [3.05, 3.63) is 88.7 Å². The van der Waals surface area contributed by atoms with E-state index in [9.17, 15) is 12.8 Å². The molecule has 1 N–H and O–H groups in total. The summed E-state index contributed by atoms with van der Waals surface area (Å²) in [4.78, 5) is 4.28. The summed E-state index contributed by atoms with van der Waals surface area (Å²) in [5, 5.41) is 3.18. The van der Waals surface area contributed by atoms with Gasteiger partial charge in [0.1, 0.15) is 5.82 Å². The smallest absolute Gasteiger partial charge is 0.238 e. The van der Waals surface area contributed by atoms with Gasteiger partial charge in [-0.05, 0) is 85.6 Å². The zero-order valence-corrected chi connectivity index (χ0v) is 18.3. The standard InChI is InChI=1S/C23H18ClFN2O3S/c1-14-11-15(2)13-19(12-14)26-22-23(31(28,29)20-9-5-17(24)6-10-20)27-21(30-22)16-3-7-18(25)8-4-16/h3-13,26H,1-2H3. The number of rotatable bonds is 5. The Morgan fingerprint density at radius 3 is 2.16 bits per heavy atom. The minimum Gasteiger partial charge on any atom is -0.419 e.